The normalized spacial score (nSPS) is 17.4. The van der Waals surface area contributed by atoms with Gasteiger partial charge in [-0.15, -0.1) is 0 Å². The zero-order valence-corrected chi connectivity index (χ0v) is 13.3. The van der Waals surface area contributed by atoms with Gasteiger partial charge < -0.3 is 20.1 Å². The molecule has 2 amide bonds. The first-order chi connectivity index (χ1) is 10.8. The van der Waals surface area contributed by atoms with Crippen molar-refractivity contribution < 1.29 is 14.3 Å². The number of hydrogen-bond donors (Lipinski definition) is 2. The number of hydrogen-bond acceptors (Lipinski definition) is 3. The summed E-state index contributed by atoms with van der Waals surface area (Å²) >= 11 is 0. The van der Waals surface area contributed by atoms with Crippen LogP contribution in [0, 0.1) is 0 Å². The molecule has 2 N–H and O–H groups in total. The average Bonchev–Trinajstić information content (AvgIpc) is 3.06. The van der Waals surface area contributed by atoms with Crippen molar-refractivity contribution in [2.45, 2.75) is 38.8 Å². The fourth-order valence-corrected chi connectivity index (χ4v) is 2.54. The average molecular weight is 306 g/mol. The molecule has 1 aliphatic heterocycles. The Morgan fingerprint density at radius 2 is 2.14 bits per heavy atom. The van der Waals surface area contributed by atoms with Crippen LogP contribution in [0.4, 0.5) is 4.79 Å². The van der Waals surface area contributed by atoms with E-state index in [0.29, 0.717) is 26.3 Å². The summed E-state index contributed by atoms with van der Waals surface area (Å²) in [5, 5.41) is 5.68. The molecule has 1 aromatic carbocycles. The van der Waals surface area contributed by atoms with Crippen LogP contribution in [0.1, 0.15) is 30.9 Å². The number of rotatable bonds is 8. The van der Waals surface area contributed by atoms with Crippen molar-refractivity contribution in [1.29, 1.82) is 0 Å². The number of urea groups is 1. The molecule has 1 saturated heterocycles. The number of amides is 2. The second kappa shape index (κ2) is 9.43. The van der Waals surface area contributed by atoms with E-state index >= 15 is 0 Å². The minimum atomic E-state index is -0.161. The summed E-state index contributed by atoms with van der Waals surface area (Å²) in [7, 11) is 0. The zero-order chi connectivity index (χ0) is 15.6. The monoisotopic (exact) mass is 306 g/mol. The van der Waals surface area contributed by atoms with Crippen LogP contribution >= 0.6 is 0 Å². The van der Waals surface area contributed by atoms with E-state index in [2.05, 4.69) is 23.6 Å². The molecule has 1 aromatic rings. The van der Waals surface area contributed by atoms with Crippen LogP contribution in [-0.4, -0.2) is 38.5 Å². The van der Waals surface area contributed by atoms with Crippen molar-refractivity contribution in [3.8, 4) is 0 Å². The summed E-state index contributed by atoms with van der Waals surface area (Å²) < 4.78 is 11.0. The maximum Gasteiger partial charge on any atom is 0.315 e. The highest BCUT2D eigenvalue weighted by Gasteiger charge is 2.14. The summed E-state index contributed by atoms with van der Waals surface area (Å²) in [4.78, 5) is 11.7. The molecule has 22 heavy (non-hydrogen) atoms. The Kier molecular flexibility index (Phi) is 7.19. The summed E-state index contributed by atoms with van der Waals surface area (Å²) in [6.45, 7) is 5.14. The number of ether oxygens (including phenoxy) is 2. The van der Waals surface area contributed by atoms with Gasteiger partial charge in [0.2, 0.25) is 0 Å². The number of carbonyl (C=O) groups is 1. The Bertz CT molecular complexity index is 459. The smallest absolute Gasteiger partial charge is 0.315 e. The molecule has 5 nitrogen and oxygen atoms in total. The number of carbonyl (C=O) groups excluding carboxylic acids is 1. The molecule has 1 atom stereocenters. The molecule has 2 rings (SSSR count). The van der Waals surface area contributed by atoms with E-state index in [1.165, 1.54) is 5.56 Å². The quantitative estimate of drug-likeness (QED) is 0.724. The molecule has 0 spiro atoms. The summed E-state index contributed by atoms with van der Waals surface area (Å²) in [6.07, 6.45) is 3.40. The second-order valence-electron chi connectivity index (χ2n) is 5.44. The van der Waals surface area contributed by atoms with E-state index in [0.717, 1.165) is 31.4 Å². The third-order valence-corrected chi connectivity index (χ3v) is 3.80. The first-order valence-electron chi connectivity index (χ1n) is 8.07. The third kappa shape index (κ3) is 5.66. The molecule has 0 aliphatic carbocycles. The highest BCUT2D eigenvalue weighted by Crippen LogP contribution is 2.11. The van der Waals surface area contributed by atoms with Crippen molar-refractivity contribution >= 4 is 6.03 Å². The Morgan fingerprint density at radius 1 is 1.32 bits per heavy atom. The van der Waals surface area contributed by atoms with Gasteiger partial charge in [-0.05, 0) is 30.4 Å². The number of nitrogens with one attached hydrogen (secondary N) is 2. The van der Waals surface area contributed by atoms with Crippen LogP contribution in [0.2, 0.25) is 0 Å². The van der Waals surface area contributed by atoms with Crippen molar-refractivity contribution in [1.82, 2.24) is 10.6 Å². The molecule has 0 radical (unpaired) electrons. The Hall–Kier alpha value is -1.59. The fourth-order valence-electron chi connectivity index (χ4n) is 2.54. The lowest BCUT2D eigenvalue weighted by Crippen LogP contribution is -2.37. The predicted molar refractivity (Wildman–Crippen MR) is 85.9 cm³/mol. The van der Waals surface area contributed by atoms with Crippen molar-refractivity contribution in [3.63, 3.8) is 0 Å². The van der Waals surface area contributed by atoms with Crippen LogP contribution in [0.15, 0.2) is 24.3 Å². The molecule has 0 bridgehead atoms. The molecule has 5 heteroatoms. The van der Waals surface area contributed by atoms with Gasteiger partial charge in [0.05, 0.1) is 19.3 Å². The van der Waals surface area contributed by atoms with E-state index in [1.54, 1.807) is 0 Å². The lowest BCUT2D eigenvalue weighted by molar-refractivity contribution is 0.0188. The van der Waals surface area contributed by atoms with Crippen LogP contribution < -0.4 is 10.6 Å². The standard InChI is InChI=1S/C17H26N2O3/c1-2-14-6-3-4-7-15(14)12-19-17(20)18-9-11-21-13-16-8-5-10-22-16/h3-4,6-7,16H,2,5,8-13H2,1H3,(H2,18,19,20). The molecular formula is C17H26N2O3. The van der Waals surface area contributed by atoms with E-state index in [-0.39, 0.29) is 12.1 Å². The predicted octanol–water partition coefficient (Wildman–Crippen LogP) is 2.24. The summed E-state index contributed by atoms with van der Waals surface area (Å²) in [6, 6.07) is 7.99. The minimum Gasteiger partial charge on any atom is -0.377 e. The molecule has 1 heterocycles. The molecule has 0 aromatic heterocycles. The summed E-state index contributed by atoms with van der Waals surface area (Å²) in [5.74, 6) is 0. The molecule has 1 aliphatic rings. The second-order valence-corrected chi connectivity index (χ2v) is 5.44. The molecule has 0 saturated carbocycles. The molecule has 122 valence electrons. The molecular weight excluding hydrogens is 280 g/mol. The van der Waals surface area contributed by atoms with E-state index < -0.39 is 0 Å². The van der Waals surface area contributed by atoms with Crippen LogP contribution in [0.25, 0.3) is 0 Å². The van der Waals surface area contributed by atoms with Gasteiger partial charge in [-0.2, -0.15) is 0 Å². The minimum absolute atomic E-state index is 0.161. The van der Waals surface area contributed by atoms with Crippen LogP contribution in [0.3, 0.4) is 0 Å². The zero-order valence-electron chi connectivity index (χ0n) is 13.3. The van der Waals surface area contributed by atoms with Gasteiger partial charge in [0.15, 0.2) is 0 Å². The van der Waals surface area contributed by atoms with Gasteiger partial charge in [-0.1, -0.05) is 31.2 Å². The topological polar surface area (TPSA) is 59.6 Å². The first kappa shape index (κ1) is 16.8. The van der Waals surface area contributed by atoms with Crippen LogP contribution in [-0.2, 0) is 22.4 Å². The maximum absolute atomic E-state index is 11.7. The highest BCUT2D eigenvalue weighted by atomic mass is 16.5. The lowest BCUT2D eigenvalue weighted by Gasteiger charge is -2.12. The fraction of sp³-hybridized carbons (Fsp3) is 0.588. The highest BCUT2D eigenvalue weighted by molar-refractivity contribution is 5.73. The number of benzene rings is 1. The van der Waals surface area contributed by atoms with Crippen molar-refractivity contribution in [2.24, 2.45) is 0 Å². The third-order valence-electron chi connectivity index (χ3n) is 3.80. The van der Waals surface area contributed by atoms with Crippen molar-refractivity contribution in [3.05, 3.63) is 35.4 Å². The van der Waals surface area contributed by atoms with Gasteiger partial charge >= 0.3 is 6.03 Å². The molecule has 1 unspecified atom stereocenters. The Morgan fingerprint density at radius 3 is 2.86 bits per heavy atom. The van der Waals surface area contributed by atoms with Gasteiger partial charge in [-0.3, -0.25) is 0 Å². The van der Waals surface area contributed by atoms with E-state index in [9.17, 15) is 4.79 Å². The first-order valence-corrected chi connectivity index (χ1v) is 8.07. The van der Waals surface area contributed by atoms with E-state index in [4.69, 9.17) is 9.47 Å². The molecule has 1 fully saturated rings. The van der Waals surface area contributed by atoms with Crippen LogP contribution in [0.5, 0.6) is 0 Å². The maximum atomic E-state index is 11.7. The van der Waals surface area contributed by atoms with Gasteiger partial charge in [0.1, 0.15) is 0 Å². The van der Waals surface area contributed by atoms with Gasteiger partial charge in [-0.25, -0.2) is 4.79 Å². The van der Waals surface area contributed by atoms with Gasteiger partial charge in [0, 0.05) is 19.7 Å². The van der Waals surface area contributed by atoms with Crippen molar-refractivity contribution in [2.75, 3.05) is 26.4 Å². The number of aryl methyl sites for hydroxylation is 1. The largest absolute Gasteiger partial charge is 0.377 e. The van der Waals surface area contributed by atoms with Gasteiger partial charge in [0.25, 0.3) is 0 Å². The SMILES string of the molecule is CCc1ccccc1CNC(=O)NCCOCC1CCCO1. The lowest BCUT2D eigenvalue weighted by atomic mass is 10.1. The summed E-state index contributed by atoms with van der Waals surface area (Å²) in [5.41, 5.74) is 2.43. The van der Waals surface area contributed by atoms with E-state index in [1.807, 2.05) is 18.2 Å². The Balaban J connectivity index is 1.55. The Labute approximate surface area is 132 Å².